The van der Waals surface area contributed by atoms with Gasteiger partial charge in [-0.05, 0) is 53.2 Å². The second-order valence-electron chi connectivity index (χ2n) is 7.65. The Hall–Kier alpha value is -4.58. The molecule has 0 radical (unpaired) electrons. The standard InChI is InChI=1S/C25H20N2O9S/c1-33-21-11-16(5-9-19(21)35-14-18-8-10-20(36-18)24(29)34-2)12-22-23(28)26(25(30)37-22)13-15-3-6-17(7-4-15)27(31)32/h3-12H,13-14H2,1-2H3. The van der Waals surface area contributed by atoms with Crippen LogP contribution < -0.4 is 9.47 Å². The summed E-state index contributed by atoms with van der Waals surface area (Å²) >= 11 is 0.804. The normalized spacial score (nSPS) is 14.2. The molecule has 2 amide bonds. The van der Waals surface area contributed by atoms with Gasteiger partial charge in [0.05, 0.1) is 30.6 Å². The highest BCUT2D eigenvalue weighted by atomic mass is 32.2. The summed E-state index contributed by atoms with van der Waals surface area (Å²) in [6.07, 6.45) is 1.57. The van der Waals surface area contributed by atoms with E-state index in [0.717, 1.165) is 16.7 Å². The molecular weight excluding hydrogens is 504 g/mol. The molecule has 0 N–H and O–H groups in total. The Morgan fingerprint density at radius 1 is 1.08 bits per heavy atom. The third kappa shape index (κ3) is 5.81. The lowest BCUT2D eigenvalue weighted by molar-refractivity contribution is -0.384. The highest BCUT2D eigenvalue weighted by Crippen LogP contribution is 2.35. The molecule has 1 fully saturated rings. The van der Waals surface area contributed by atoms with E-state index in [4.69, 9.17) is 13.9 Å². The Bertz CT molecular complexity index is 1400. The number of nitrogens with zero attached hydrogens (tertiary/aromatic N) is 2. The fraction of sp³-hybridized carbons (Fsp3) is 0.160. The molecule has 37 heavy (non-hydrogen) atoms. The summed E-state index contributed by atoms with van der Waals surface area (Å²) in [5, 5.41) is 10.4. The van der Waals surface area contributed by atoms with Crippen LogP contribution in [0.3, 0.4) is 0 Å². The van der Waals surface area contributed by atoms with Crippen molar-refractivity contribution in [3.63, 3.8) is 0 Å². The number of carbonyl (C=O) groups is 3. The van der Waals surface area contributed by atoms with Crippen molar-refractivity contribution in [2.24, 2.45) is 0 Å². The molecule has 1 aliphatic rings. The van der Waals surface area contributed by atoms with Crippen molar-refractivity contribution in [3.05, 3.63) is 92.3 Å². The van der Waals surface area contributed by atoms with Crippen molar-refractivity contribution in [1.82, 2.24) is 4.90 Å². The second kappa shape index (κ2) is 11.0. The van der Waals surface area contributed by atoms with Crippen LogP contribution in [0, 0.1) is 10.1 Å². The lowest BCUT2D eigenvalue weighted by atomic mass is 10.1. The van der Waals surface area contributed by atoms with Gasteiger partial charge in [0.2, 0.25) is 5.76 Å². The van der Waals surface area contributed by atoms with Gasteiger partial charge < -0.3 is 18.6 Å². The van der Waals surface area contributed by atoms with Gasteiger partial charge in [-0.25, -0.2) is 4.79 Å². The average Bonchev–Trinajstić information content (AvgIpc) is 3.48. The van der Waals surface area contributed by atoms with E-state index in [2.05, 4.69) is 4.74 Å². The molecular formula is C25H20N2O9S. The summed E-state index contributed by atoms with van der Waals surface area (Å²) in [6.45, 7) is 0.0365. The molecule has 0 saturated carbocycles. The Morgan fingerprint density at radius 2 is 1.84 bits per heavy atom. The molecule has 0 aliphatic carbocycles. The summed E-state index contributed by atoms with van der Waals surface area (Å²) in [7, 11) is 2.72. The molecule has 1 aliphatic heterocycles. The highest BCUT2D eigenvalue weighted by molar-refractivity contribution is 8.18. The van der Waals surface area contributed by atoms with E-state index in [0.29, 0.717) is 28.4 Å². The van der Waals surface area contributed by atoms with Crippen LogP contribution in [-0.2, 0) is 22.7 Å². The summed E-state index contributed by atoms with van der Waals surface area (Å²) < 4.78 is 21.1. The summed E-state index contributed by atoms with van der Waals surface area (Å²) in [5.74, 6) is 0.205. The number of hydrogen-bond acceptors (Lipinski definition) is 10. The van der Waals surface area contributed by atoms with Crippen LogP contribution in [0.2, 0.25) is 0 Å². The van der Waals surface area contributed by atoms with E-state index in [1.165, 1.54) is 44.6 Å². The van der Waals surface area contributed by atoms with Gasteiger partial charge in [-0.3, -0.25) is 24.6 Å². The zero-order chi connectivity index (χ0) is 26.5. The number of thioether (sulfide) groups is 1. The number of methoxy groups -OCH3 is 2. The lowest BCUT2D eigenvalue weighted by Crippen LogP contribution is -2.27. The zero-order valence-electron chi connectivity index (χ0n) is 19.7. The molecule has 11 nitrogen and oxygen atoms in total. The summed E-state index contributed by atoms with van der Waals surface area (Å²) in [4.78, 5) is 48.5. The Balaban J connectivity index is 1.44. The summed E-state index contributed by atoms with van der Waals surface area (Å²) in [6, 6.07) is 13.7. The van der Waals surface area contributed by atoms with Crippen molar-refractivity contribution >= 4 is 40.6 Å². The molecule has 0 bridgehead atoms. The summed E-state index contributed by atoms with van der Waals surface area (Å²) in [5.41, 5.74) is 1.12. The number of amides is 2. The van der Waals surface area contributed by atoms with Gasteiger partial charge in [-0.1, -0.05) is 18.2 Å². The van der Waals surface area contributed by atoms with Crippen LogP contribution in [0.25, 0.3) is 6.08 Å². The maximum atomic E-state index is 12.9. The van der Waals surface area contributed by atoms with Crippen molar-refractivity contribution in [2.75, 3.05) is 14.2 Å². The average molecular weight is 525 g/mol. The molecule has 0 unspecified atom stereocenters. The topological polar surface area (TPSA) is 138 Å². The third-order valence-corrected chi connectivity index (χ3v) is 6.17. The highest BCUT2D eigenvalue weighted by Gasteiger charge is 2.35. The van der Waals surface area contributed by atoms with E-state index < -0.39 is 22.0 Å². The van der Waals surface area contributed by atoms with Crippen molar-refractivity contribution in [3.8, 4) is 11.5 Å². The predicted molar refractivity (Wildman–Crippen MR) is 132 cm³/mol. The minimum Gasteiger partial charge on any atom is -0.493 e. The van der Waals surface area contributed by atoms with E-state index in [1.54, 1.807) is 30.3 Å². The quantitative estimate of drug-likeness (QED) is 0.166. The Morgan fingerprint density at radius 3 is 2.51 bits per heavy atom. The van der Waals surface area contributed by atoms with E-state index >= 15 is 0 Å². The number of benzene rings is 2. The van der Waals surface area contributed by atoms with Crippen LogP contribution in [0.15, 0.2) is 63.9 Å². The number of non-ortho nitro benzene ring substituents is 1. The van der Waals surface area contributed by atoms with E-state index in [9.17, 15) is 24.5 Å². The first-order valence-corrected chi connectivity index (χ1v) is 11.6. The first-order chi connectivity index (χ1) is 17.8. The molecule has 12 heteroatoms. The number of imide groups is 1. The molecule has 3 aromatic rings. The Labute approximate surface area is 214 Å². The Kier molecular flexibility index (Phi) is 7.58. The maximum Gasteiger partial charge on any atom is 0.373 e. The molecule has 0 spiro atoms. The first kappa shape index (κ1) is 25.5. The van der Waals surface area contributed by atoms with E-state index in [-0.39, 0.29) is 29.5 Å². The predicted octanol–water partition coefficient (Wildman–Crippen LogP) is 4.80. The van der Waals surface area contributed by atoms with Gasteiger partial charge in [0, 0.05) is 12.1 Å². The lowest BCUT2D eigenvalue weighted by Gasteiger charge is -2.12. The first-order valence-electron chi connectivity index (χ1n) is 10.8. The SMILES string of the molecule is COC(=O)c1ccc(COc2ccc(C=C3SC(=O)N(Cc4ccc([N+](=O)[O-])cc4)C3=O)cc2OC)o1. The van der Waals surface area contributed by atoms with Crippen molar-refractivity contribution in [1.29, 1.82) is 0 Å². The third-order valence-electron chi connectivity index (χ3n) is 5.27. The number of carbonyl (C=O) groups excluding carboxylic acids is 3. The van der Waals surface area contributed by atoms with Crippen molar-refractivity contribution in [2.45, 2.75) is 13.2 Å². The van der Waals surface area contributed by atoms with Gasteiger partial charge in [-0.15, -0.1) is 0 Å². The van der Waals surface area contributed by atoms with Crippen LogP contribution in [-0.4, -0.2) is 41.2 Å². The molecule has 2 heterocycles. The van der Waals surface area contributed by atoms with Crippen LogP contribution in [0.5, 0.6) is 11.5 Å². The molecule has 1 saturated heterocycles. The van der Waals surface area contributed by atoms with Gasteiger partial charge in [0.25, 0.3) is 16.8 Å². The fourth-order valence-corrected chi connectivity index (χ4v) is 4.24. The fourth-order valence-electron chi connectivity index (χ4n) is 3.40. The molecule has 0 atom stereocenters. The number of hydrogen-bond donors (Lipinski definition) is 0. The van der Waals surface area contributed by atoms with Crippen LogP contribution >= 0.6 is 11.8 Å². The number of esters is 1. The molecule has 190 valence electrons. The number of rotatable bonds is 9. The number of furan rings is 1. The van der Waals surface area contributed by atoms with Crippen LogP contribution in [0.4, 0.5) is 10.5 Å². The number of nitro benzene ring substituents is 1. The van der Waals surface area contributed by atoms with Crippen LogP contribution in [0.1, 0.15) is 27.4 Å². The monoisotopic (exact) mass is 524 g/mol. The van der Waals surface area contributed by atoms with Gasteiger partial charge in [-0.2, -0.15) is 0 Å². The number of ether oxygens (including phenoxy) is 3. The second-order valence-corrected chi connectivity index (χ2v) is 8.64. The minimum atomic E-state index is -0.592. The maximum absolute atomic E-state index is 12.9. The van der Waals surface area contributed by atoms with Gasteiger partial charge >= 0.3 is 5.97 Å². The largest absolute Gasteiger partial charge is 0.493 e. The minimum absolute atomic E-state index is 0.000567. The van der Waals surface area contributed by atoms with Gasteiger partial charge in [0.1, 0.15) is 12.4 Å². The van der Waals surface area contributed by atoms with Gasteiger partial charge in [0.15, 0.2) is 11.5 Å². The smallest absolute Gasteiger partial charge is 0.373 e. The zero-order valence-corrected chi connectivity index (χ0v) is 20.5. The van der Waals surface area contributed by atoms with Crippen molar-refractivity contribution < 1.29 is 37.9 Å². The number of nitro groups is 1. The molecule has 1 aromatic heterocycles. The molecule has 2 aromatic carbocycles. The molecule has 4 rings (SSSR count). The van der Waals surface area contributed by atoms with E-state index in [1.807, 2.05) is 0 Å².